The predicted molar refractivity (Wildman–Crippen MR) is 64.1 cm³/mol. The number of carbonyl (C=O) groups excluding carboxylic acids is 1. The van der Waals surface area contributed by atoms with Crippen molar-refractivity contribution in [2.45, 2.75) is 71.3 Å². The minimum absolute atomic E-state index is 0.177. The largest absolute Gasteiger partial charge is 0.300 e. The van der Waals surface area contributed by atoms with Gasteiger partial charge >= 0.3 is 0 Å². The van der Waals surface area contributed by atoms with Crippen molar-refractivity contribution >= 4 is 5.78 Å². The highest BCUT2D eigenvalue weighted by molar-refractivity contribution is 5.78. The van der Waals surface area contributed by atoms with Gasteiger partial charge in [0.05, 0.1) is 0 Å². The monoisotopic (exact) mass is 229 g/mol. The fourth-order valence-corrected chi connectivity index (χ4v) is 1.66. The molecule has 0 fully saturated rings. The number of Topliss-reactive ketones (excluding diaryl/α,β-unsaturated/α-hetero) is 1. The number of ketones is 1. The predicted octanol–water partition coefficient (Wildman–Crippen LogP) is 3.36. The molecule has 0 N–H and O–H groups in total. The summed E-state index contributed by atoms with van der Waals surface area (Å²) < 4.78 is 0. The Morgan fingerprint density at radius 2 is 1.88 bits per heavy atom. The smallest absolute Gasteiger partial charge is 0.213 e. The molecule has 0 spiro atoms. The SMILES string of the molecule is CCCCCCC(=O)CCC(CC)[N+](=O)[O-]. The molecule has 0 heterocycles. The first-order valence-electron chi connectivity index (χ1n) is 6.27. The lowest BCUT2D eigenvalue weighted by Crippen LogP contribution is -2.19. The average molecular weight is 229 g/mol. The lowest BCUT2D eigenvalue weighted by atomic mass is 10.0. The van der Waals surface area contributed by atoms with E-state index >= 15 is 0 Å². The molecule has 0 radical (unpaired) electrons. The first kappa shape index (κ1) is 15.1. The normalized spacial score (nSPS) is 12.4. The summed E-state index contributed by atoms with van der Waals surface area (Å²) in [5.74, 6) is 0.177. The van der Waals surface area contributed by atoms with Gasteiger partial charge < -0.3 is 0 Å². The topological polar surface area (TPSA) is 60.2 Å². The molecule has 0 bridgehead atoms. The molecule has 0 aliphatic rings. The minimum atomic E-state index is -0.542. The lowest BCUT2D eigenvalue weighted by Gasteiger charge is -2.05. The maximum Gasteiger partial charge on any atom is 0.213 e. The molecule has 0 saturated heterocycles. The number of hydrogen-bond donors (Lipinski definition) is 0. The minimum Gasteiger partial charge on any atom is -0.300 e. The van der Waals surface area contributed by atoms with Crippen molar-refractivity contribution in [3.63, 3.8) is 0 Å². The van der Waals surface area contributed by atoms with Gasteiger partial charge in [0.25, 0.3) is 0 Å². The Bertz CT molecular complexity index is 216. The summed E-state index contributed by atoms with van der Waals surface area (Å²) in [6.45, 7) is 3.92. The van der Waals surface area contributed by atoms with Gasteiger partial charge in [-0.2, -0.15) is 0 Å². The van der Waals surface area contributed by atoms with Crippen LogP contribution in [-0.2, 0) is 4.79 Å². The van der Waals surface area contributed by atoms with Gasteiger partial charge in [0.15, 0.2) is 0 Å². The van der Waals surface area contributed by atoms with Crippen LogP contribution in [0.1, 0.15) is 65.2 Å². The van der Waals surface area contributed by atoms with E-state index in [-0.39, 0.29) is 10.7 Å². The Labute approximate surface area is 97.6 Å². The maximum atomic E-state index is 11.4. The molecule has 0 aliphatic heterocycles. The van der Waals surface area contributed by atoms with E-state index in [9.17, 15) is 14.9 Å². The van der Waals surface area contributed by atoms with Crippen LogP contribution >= 0.6 is 0 Å². The molecule has 0 aromatic rings. The van der Waals surface area contributed by atoms with E-state index in [1.54, 1.807) is 6.92 Å². The quantitative estimate of drug-likeness (QED) is 0.328. The summed E-state index contributed by atoms with van der Waals surface area (Å²) in [6.07, 6.45) is 6.22. The second-order valence-electron chi connectivity index (χ2n) is 4.24. The molecule has 1 unspecified atom stereocenters. The molecule has 16 heavy (non-hydrogen) atoms. The second-order valence-corrected chi connectivity index (χ2v) is 4.24. The number of unbranched alkanes of at least 4 members (excludes halogenated alkanes) is 3. The van der Waals surface area contributed by atoms with E-state index in [2.05, 4.69) is 6.92 Å². The van der Waals surface area contributed by atoms with Crippen LogP contribution in [-0.4, -0.2) is 16.7 Å². The molecule has 4 nitrogen and oxygen atoms in total. The van der Waals surface area contributed by atoms with Gasteiger partial charge in [-0.15, -0.1) is 0 Å². The van der Waals surface area contributed by atoms with Gasteiger partial charge in [-0.05, 0) is 6.42 Å². The summed E-state index contributed by atoms with van der Waals surface area (Å²) >= 11 is 0. The zero-order chi connectivity index (χ0) is 12.4. The van der Waals surface area contributed by atoms with Crippen LogP contribution in [0.2, 0.25) is 0 Å². The Hall–Kier alpha value is -0.930. The van der Waals surface area contributed by atoms with E-state index in [0.29, 0.717) is 25.7 Å². The van der Waals surface area contributed by atoms with Crippen LogP contribution in [0, 0.1) is 10.1 Å². The van der Waals surface area contributed by atoms with Crippen LogP contribution in [0.25, 0.3) is 0 Å². The molecule has 1 atom stereocenters. The standard InChI is InChI=1S/C12H23NO3/c1-3-5-6-7-8-12(14)10-9-11(4-2)13(15)16/h11H,3-10H2,1-2H3. The van der Waals surface area contributed by atoms with Crippen LogP contribution in [0.15, 0.2) is 0 Å². The number of rotatable bonds is 10. The van der Waals surface area contributed by atoms with E-state index in [4.69, 9.17) is 0 Å². The fourth-order valence-electron chi connectivity index (χ4n) is 1.66. The highest BCUT2D eigenvalue weighted by Crippen LogP contribution is 2.10. The van der Waals surface area contributed by atoms with Crippen molar-refractivity contribution in [2.75, 3.05) is 0 Å². The third kappa shape index (κ3) is 7.37. The summed E-state index contributed by atoms with van der Waals surface area (Å²) in [6, 6.07) is -0.542. The van der Waals surface area contributed by atoms with Gasteiger partial charge in [0.2, 0.25) is 6.04 Å². The Balaban J connectivity index is 3.59. The van der Waals surface area contributed by atoms with Crippen molar-refractivity contribution in [1.82, 2.24) is 0 Å². The van der Waals surface area contributed by atoms with Crippen LogP contribution in [0.5, 0.6) is 0 Å². The first-order valence-corrected chi connectivity index (χ1v) is 6.27. The molecule has 0 aliphatic carbocycles. The Kier molecular flexibility index (Phi) is 8.77. The number of carbonyl (C=O) groups is 1. The van der Waals surface area contributed by atoms with Crippen LogP contribution < -0.4 is 0 Å². The lowest BCUT2D eigenvalue weighted by molar-refractivity contribution is -0.523. The van der Waals surface area contributed by atoms with Gasteiger partial charge in [-0.1, -0.05) is 33.1 Å². The molecule has 4 heteroatoms. The maximum absolute atomic E-state index is 11.4. The highest BCUT2D eigenvalue weighted by atomic mass is 16.6. The van der Waals surface area contributed by atoms with Crippen molar-refractivity contribution in [1.29, 1.82) is 0 Å². The molecular weight excluding hydrogens is 206 g/mol. The summed E-state index contributed by atoms with van der Waals surface area (Å²) in [5, 5.41) is 10.5. The van der Waals surface area contributed by atoms with E-state index in [1.807, 2.05) is 0 Å². The Morgan fingerprint density at radius 1 is 1.19 bits per heavy atom. The number of nitrogens with zero attached hydrogens (tertiary/aromatic N) is 1. The van der Waals surface area contributed by atoms with Gasteiger partial charge in [-0.25, -0.2) is 0 Å². The third-order valence-electron chi connectivity index (χ3n) is 2.83. The Morgan fingerprint density at radius 3 is 2.38 bits per heavy atom. The number of hydrogen-bond acceptors (Lipinski definition) is 3. The molecule has 0 amide bonds. The van der Waals surface area contributed by atoms with Crippen molar-refractivity contribution < 1.29 is 9.72 Å². The summed E-state index contributed by atoms with van der Waals surface area (Å²) in [7, 11) is 0. The van der Waals surface area contributed by atoms with E-state index < -0.39 is 6.04 Å². The number of nitro groups is 1. The van der Waals surface area contributed by atoms with Crippen molar-refractivity contribution in [2.24, 2.45) is 0 Å². The molecule has 0 aromatic carbocycles. The summed E-state index contributed by atoms with van der Waals surface area (Å²) in [4.78, 5) is 21.7. The molecule has 94 valence electrons. The second kappa shape index (κ2) is 9.31. The van der Waals surface area contributed by atoms with E-state index in [0.717, 1.165) is 19.3 Å². The van der Waals surface area contributed by atoms with Crippen LogP contribution in [0.4, 0.5) is 0 Å². The third-order valence-corrected chi connectivity index (χ3v) is 2.83. The van der Waals surface area contributed by atoms with Crippen molar-refractivity contribution in [3.8, 4) is 0 Å². The van der Waals surface area contributed by atoms with Gasteiger partial charge in [-0.3, -0.25) is 14.9 Å². The van der Waals surface area contributed by atoms with E-state index in [1.165, 1.54) is 6.42 Å². The summed E-state index contributed by atoms with van der Waals surface area (Å²) in [5.41, 5.74) is 0. The molecular formula is C12H23NO3. The average Bonchev–Trinajstić information content (AvgIpc) is 2.25. The zero-order valence-electron chi connectivity index (χ0n) is 10.4. The van der Waals surface area contributed by atoms with Gasteiger partial charge in [0, 0.05) is 30.6 Å². The highest BCUT2D eigenvalue weighted by Gasteiger charge is 2.18. The fraction of sp³-hybridized carbons (Fsp3) is 0.917. The molecule has 0 rings (SSSR count). The first-order chi connectivity index (χ1) is 7.61. The van der Waals surface area contributed by atoms with Gasteiger partial charge in [0.1, 0.15) is 5.78 Å². The zero-order valence-corrected chi connectivity index (χ0v) is 10.4. The van der Waals surface area contributed by atoms with Crippen molar-refractivity contribution in [3.05, 3.63) is 10.1 Å². The molecule has 0 saturated carbocycles. The molecule has 0 aromatic heterocycles. The van der Waals surface area contributed by atoms with Crippen LogP contribution in [0.3, 0.4) is 0 Å².